The van der Waals surface area contributed by atoms with E-state index >= 15 is 0 Å². The van der Waals surface area contributed by atoms with Crippen LogP contribution in [0.15, 0.2) is 54.6 Å². The SMILES string of the molecule is CC1CNC(C)(c2ccccc2)CN1c1ccc(I)cc1. The Kier molecular flexibility index (Phi) is 4.22. The van der Waals surface area contributed by atoms with Crippen molar-refractivity contribution in [1.82, 2.24) is 5.32 Å². The predicted molar refractivity (Wildman–Crippen MR) is 97.8 cm³/mol. The Hall–Kier alpha value is -1.07. The Morgan fingerprint density at radius 2 is 1.76 bits per heavy atom. The second-order valence-corrected chi connectivity index (χ2v) is 7.28. The van der Waals surface area contributed by atoms with Crippen molar-refractivity contribution >= 4 is 28.3 Å². The summed E-state index contributed by atoms with van der Waals surface area (Å²) in [7, 11) is 0. The van der Waals surface area contributed by atoms with Crippen LogP contribution in [0.3, 0.4) is 0 Å². The second-order valence-electron chi connectivity index (χ2n) is 6.03. The summed E-state index contributed by atoms with van der Waals surface area (Å²) in [5.41, 5.74) is 2.66. The van der Waals surface area contributed by atoms with E-state index in [9.17, 15) is 0 Å². The van der Waals surface area contributed by atoms with E-state index in [0.717, 1.165) is 13.1 Å². The summed E-state index contributed by atoms with van der Waals surface area (Å²) in [4.78, 5) is 2.51. The molecule has 1 heterocycles. The normalized spacial score (nSPS) is 25.9. The van der Waals surface area contributed by atoms with Gasteiger partial charge in [-0.25, -0.2) is 0 Å². The van der Waals surface area contributed by atoms with Crippen molar-refractivity contribution in [2.24, 2.45) is 0 Å². The lowest BCUT2D eigenvalue weighted by Crippen LogP contribution is -2.60. The summed E-state index contributed by atoms with van der Waals surface area (Å²) in [5.74, 6) is 0. The Bertz CT molecular complexity index is 596. The summed E-state index contributed by atoms with van der Waals surface area (Å²) >= 11 is 2.36. The Morgan fingerprint density at radius 3 is 2.43 bits per heavy atom. The molecule has 0 amide bonds. The molecule has 1 aliphatic heterocycles. The molecule has 0 radical (unpaired) electrons. The largest absolute Gasteiger partial charge is 0.365 e. The molecule has 2 aromatic rings. The fourth-order valence-electron chi connectivity index (χ4n) is 3.01. The van der Waals surface area contributed by atoms with Gasteiger partial charge in [0, 0.05) is 28.4 Å². The molecule has 3 heteroatoms. The van der Waals surface area contributed by atoms with Crippen molar-refractivity contribution in [1.29, 1.82) is 0 Å². The first-order valence-electron chi connectivity index (χ1n) is 7.41. The van der Waals surface area contributed by atoms with Crippen LogP contribution in [0.1, 0.15) is 19.4 Å². The minimum absolute atomic E-state index is 0.00321. The van der Waals surface area contributed by atoms with E-state index in [4.69, 9.17) is 0 Å². The molecule has 2 nitrogen and oxygen atoms in total. The van der Waals surface area contributed by atoms with Gasteiger partial charge in [0.1, 0.15) is 0 Å². The van der Waals surface area contributed by atoms with Crippen LogP contribution in [0.5, 0.6) is 0 Å². The zero-order valence-corrected chi connectivity index (χ0v) is 14.7. The van der Waals surface area contributed by atoms with Crippen molar-refractivity contribution in [2.75, 3.05) is 18.0 Å². The number of benzene rings is 2. The maximum Gasteiger partial charge on any atom is 0.0584 e. The maximum atomic E-state index is 3.73. The second kappa shape index (κ2) is 5.97. The first-order chi connectivity index (χ1) is 10.1. The number of piperazine rings is 1. The highest BCUT2D eigenvalue weighted by Crippen LogP contribution is 2.30. The van der Waals surface area contributed by atoms with Crippen LogP contribution in [-0.2, 0) is 5.54 Å². The third kappa shape index (κ3) is 3.09. The maximum absolute atomic E-state index is 3.73. The minimum atomic E-state index is -0.00321. The summed E-state index contributed by atoms with van der Waals surface area (Å²) in [6.45, 7) is 6.57. The highest BCUT2D eigenvalue weighted by Gasteiger charge is 2.35. The highest BCUT2D eigenvalue weighted by molar-refractivity contribution is 14.1. The molecule has 1 fully saturated rings. The van der Waals surface area contributed by atoms with E-state index in [1.54, 1.807) is 0 Å². The molecule has 2 unspecified atom stereocenters. The van der Waals surface area contributed by atoms with Crippen LogP contribution in [0.25, 0.3) is 0 Å². The van der Waals surface area contributed by atoms with Crippen LogP contribution in [0, 0.1) is 3.57 Å². The Morgan fingerprint density at radius 1 is 1.10 bits per heavy atom. The fourth-order valence-corrected chi connectivity index (χ4v) is 3.37. The van der Waals surface area contributed by atoms with Crippen molar-refractivity contribution in [3.63, 3.8) is 0 Å². The molecule has 2 aromatic carbocycles. The summed E-state index contributed by atoms with van der Waals surface area (Å²) in [6, 6.07) is 20.1. The number of nitrogens with one attached hydrogen (secondary N) is 1. The molecule has 2 atom stereocenters. The molecular formula is C18H21IN2. The molecule has 0 spiro atoms. The summed E-state index contributed by atoms with van der Waals surface area (Å²) in [5, 5.41) is 3.73. The lowest BCUT2D eigenvalue weighted by molar-refractivity contribution is 0.299. The van der Waals surface area contributed by atoms with E-state index in [2.05, 4.69) is 101 Å². The lowest BCUT2D eigenvalue weighted by atomic mass is 9.88. The molecule has 3 rings (SSSR count). The number of anilines is 1. The smallest absolute Gasteiger partial charge is 0.0584 e. The van der Waals surface area contributed by atoms with E-state index in [1.807, 2.05) is 0 Å². The summed E-state index contributed by atoms with van der Waals surface area (Å²) < 4.78 is 1.28. The molecule has 1 N–H and O–H groups in total. The van der Waals surface area contributed by atoms with Crippen molar-refractivity contribution in [3.05, 3.63) is 63.7 Å². The van der Waals surface area contributed by atoms with Gasteiger partial charge in [0.25, 0.3) is 0 Å². The van der Waals surface area contributed by atoms with Gasteiger partial charge in [-0.15, -0.1) is 0 Å². The van der Waals surface area contributed by atoms with Crippen LogP contribution in [-0.4, -0.2) is 19.1 Å². The molecule has 0 aromatic heterocycles. The van der Waals surface area contributed by atoms with Gasteiger partial charge >= 0.3 is 0 Å². The lowest BCUT2D eigenvalue weighted by Gasteiger charge is -2.46. The van der Waals surface area contributed by atoms with Gasteiger partial charge < -0.3 is 10.2 Å². The third-order valence-electron chi connectivity index (χ3n) is 4.38. The monoisotopic (exact) mass is 392 g/mol. The Labute approximate surface area is 140 Å². The van der Waals surface area contributed by atoms with Crippen molar-refractivity contribution < 1.29 is 0 Å². The standard InChI is InChI=1S/C18H21IN2/c1-14-12-20-18(2,15-6-4-3-5-7-15)13-21(14)17-10-8-16(19)9-11-17/h3-11,14,20H,12-13H2,1-2H3. The molecule has 0 aliphatic carbocycles. The topological polar surface area (TPSA) is 15.3 Å². The van der Waals surface area contributed by atoms with Crippen LogP contribution >= 0.6 is 22.6 Å². The van der Waals surface area contributed by atoms with E-state index in [1.165, 1.54) is 14.8 Å². The number of halogens is 1. The fraction of sp³-hybridized carbons (Fsp3) is 0.333. The summed E-state index contributed by atoms with van der Waals surface area (Å²) in [6.07, 6.45) is 0. The van der Waals surface area contributed by atoms with Crippen LogP contribution in [0.4, 0.5) is 5.69 Å². The first-order valence-corrected chi connectivity index (χ1v) is 8.49. The minimum Gasteiger partial charge on any atom is -0.365 e. The first kappa shape index (κ1) is 14.9. The number of hydrogen-bond donors (Lipinski definition) is 1. The third-order valence-corrected chi connectivity index (χ3v) is 5.09. The van der Waals surface area contributed by atoms with Gasteiger partial charge in [0.2, 0.25) is 0 Å². The molecule has 0 bridgehead atoms. The predicted octanol–water partition coefficient (Wildman–Crippen LogP) is 4.00. The van der Waals surface area contributed by atoms with Crippen molar-refractivity contribution in [2.45, 2.75) is 25.4 Å². The number of nitrogens with zero attached hydrogens (tertiary/aromatic N) is 1. The van der Waals surface area contributed by atoms with Gasteiger partial charge in [-0.05, 0) is 66.3 Å². The average molecular weight is 392 g/mol. The molecule has 1 aliphatic rings. The van der Waals surface area contributed by atoms with Gasteiger partial charge in [0.15, 0.2) is 0 Å². The molecule has 1 saturated heterocycles. The zero-order chi connectivity index (χ0) is 14.9. The van der Waals surface area contributed by atoms with Gasteiger partial charge in [-0.1, -0.05) is 30.3 Å². The van der Waals surface area contributed by atoms with Crippen molar-refractivity contribution in [3.8, 4) is 0 Å². The molecule has 0 saturated carbocycles. The molecule has 21 heavy (non-hydrogen) atoms. The zero-order valence-electron chi connectivity index (χ0n) is 12.5. The van der Waals surface area contributed by atoms with Gasteiger partial charge in [-0.3, -0.25) is 0 Å². The number of hydrogen-bond acceptors (Lipinski definition) is 2. The molecular weight excluding hydrogens is 371 g/mol. The van der Waals surface area contributed by atoms with Gasteiger partial charge in [0.05, 0.1) is 5.54 Å². The van der Waals surface area contributed by atoms with E-state index in [0.29, 0.717) is 6.04 Å². The van der Waals surface area contributed by atoms with Gasteiger partial charge in [-0.2, -0.15) is 0 Å². The molecule has 110 valence electrons. The quantitative estimate of drug-likeness (QED) is 0.778. The van der Waals surface area contributed by atoms with E-state index in [-0.39, 0.29) is 5.54 Å². The van der Waals surface area contributed by atoms with E-state index < -0.39 is 0 Å². The van der Waals surface area contributed by atoms with Crippen LogP contribution < -0.4 is 10.2 Å². The average Bonchev–Trinajstić information content (AvgIpc) is 2.52. The highest BCUT2D eigenvalue weighted by atomic mass is 127. The van der Waals surface area contributed by atoms with Crippen LogP contribution in [0.2, 0.25) is 0 Å². The number of rotatable bonds is 2. The Balaban J connectivity index is 1.89.